The highest BCUT2D eigenvalue weighted by atomic mass is 16.5. The summed E-state index contributed by atoms with van der Waals surface area (Å²) in [5.41, 5.74) is 1.81. The number of unbranched alkanes of at least 4 members (excludes halogenated alkanes) is 16. The molecule has 1 aromatic heterocycles. The Hall–Kier alpha value is -1.77. The molecular weight excluding hydrogens is 418 g/mol. The van der Waals surface area contributed by atoms with Crippen LogP contribution in [0.25, 0.3) is 10.9 Å². The monoisotopic (exact) mass is 469 g/mol. The second-order valence-corrected chi connectivity index (χ2v) is 10.4. The average molecular weight is 470 g/mol. The maximum atomic E-state index is 12.8. The lowest BCUT2D eigenvalue weighted by Crippen LogP contribution is -2.05. The zero-order chi connectivity index (χ0) is 24.4. The van der Waals surface area contributed by atoms with Crippen LogP contribution in [0, 0.1) is 0 Å². The summed E-state index contributed by atoms with van der Waals surface area (Å²) < 4.78 is 5.80. The predicted octanol–water partition coefficient (Wildman–Crippen LogP) is 10.2. The first-order valence-corrected chi connectivity index (χ1v) is 14.4. The van der Waals surface area contributed by atoms with Crippen molar-refractivity contribution < 1.29 is 9.53 Å². The Morgan fingerprint density at radius 2 is 1.26 bits per heavy atom. The first-order chi connectivity index (χ1) is 16.6. The molecule has 1 aromatic carbocycles. The number of hydrogen-bond donors (Lipinski definition) is 1. The summed E-state index contributed by atoms with van der Waals surface area (Å²) in [5, 5.41) is 0.982. The normalized spacial score (nSPS) is 11.5. The Morgan fingerprint density at radius 3 is 1.76 bits per heavy atom. The van der Waals surface area contributed by atoms with Crippen LogP contribution >= 0.6 is 0 Å². The molecule has 2 rings (SSSR count). The van der Waals surface area contributed by atoms with Crippen LogP contribution in [-0.2, 0) is 0 Å². The minimum atomic E-state index is 0.130. The number of hydrogen-bond acceptors (Lipinski definition) is 2. The average Bonchev–Trinajstić information content (AvgIpc) is 3.24. The van der Waals surface area contributed by atoms with Gasteiger partial charge in [0.05, 0.1) is 6.10 Å². The molecule has 0 aliphatic rings. The molecule has 34 heavy (non-hydrogen) atoms. The number of carbonyl (C=O) groups is 1. The summed E-state index contributed by atoms with van der Waals surface area (Å²) in [6.07, 6.45) is 25.7. The highest BCUT2D eigenvalue weighted by Crippen LogP contribution is 2.26. The molecule has 0 aliphatic heterocycles. The third-order valence-electron chi connectivity index (χ3n) is 6.83. The minimum Gasteiger partial charge on any atom is -0.491 e. The van der Waals surface area contributed by atoms with E-state index in [1.807, 2.05) is 38.2 Å². The molecule has 0 amide bonds. The van der Waals surface area contributed by atoms with E-state index >= 15 is 0 Å². The van der Waals surface area contributed by atoms with Crippen molar-refractivity contribution >= 4 is 16.7 Å². The zero-order valence-electron chi connectivity index (χ0n) is 22.4. The van der Waals surface area contributed by atoms with E-state index in [1.54, 1.807) is 0 Å². The topological polar surface area (TPSA) is 42.1 Å². The SMILES string of the molecule is CCCCCCCCCCCCCCCCCCCC(=O)c1c[nH]c2ccc(OC(C)C)cc12. The summed E-state index contributed by atoms with van der Waals surface area (Å²) in [6.45, 7) is 6.33. The first-order valence-electron chi connectivity index (χ1n) is 14.4. The van der Waals surface area contributed by atoms with Gasteiger partial charge in [-0.25, -0.2) is 0 Å². The third-order valence-corrected chi connectivity index (χ3v) is 6.83. The van der Waals surface area contributed by atoms with E-state index in [4.69, 9.17) is 4.74 Å². The molecule has 0 spiro atoms. The molecular formula is C31H51NO2. The van der Waals surface area contributed by atoms with Crippen LogP contribution in [0.3, 0.4) is 0 Å². The van der Waals surface area contributed by atoms with Gasteiger partial charge in [0.1, 0.15) is 5.75 Å². The zero-order valence-corrected chi connectivity index (χ0v) is 22.4. The van der Waals surface area contributed by atoms with Crippen molar-refractivity contribution in [1.82, 2.24) is 4.98 Å². The van der Waals surface area contributed by atoms with Crippen LogP contribution in [0.4, 0.5) is 0 Å². The molecule has 2 aromatic rings. The molecule has 192 valence electrons. The Balaban J connectivity index is 1.46. The minimum absolute atomic E-state index is 0.130. The molecule has 0 aliphatic carbocycles. The molecule has 0 saturated heterocycles. The van der Waals surface area contributed by atoms with Crippen LogP contribution in [-0.4, -0.2) is 16.9 Å². The number of aromatic amines is 1. The smallest absolute Gasteiger partial charge is 0.165 e. The van der Waals surface area contributed by atoms with Crippen molar-refractivity contribution in [2.24, 2.45) is 0 Å². The molecule has 0 atom stereocenters. The maximum absolute atomic E-state index is 12.8. The second-order valence-electron chi connectivity index (χ2n) is 10.4. The van der Waals surface area contributed by atoms with Gasteiger partial charge in [-0.3, -0.25) is 4.79 Å². The van der Waals surface area contributed by atoms with Gasteiger partial charge in [-0.05, 0) is 38.5 Å². The van der Waals surface area contributed by atoms with E-state index in [0.717, 1.165) is 35.1 Å². The van der Waals surface area contributed by atoms with Crippen LogP contribution < -0.4 is 4.74 Å². The molecule has 3 heteroatoms. The fourth-order valence-corrected chi connectivity index (χ4v) is 4.82. The molecule has 0 unspecified atom stereocenters. The van der Waals surface area contributed by atoms with Crippen molar-refractivity contribution in [2.45, 2.75) is 142 Å². The fraction of sp³-hybridized carbons (Fsp3) is 0.710. The molecule has 3 nitrogen and oxygen atoms in total. The van der Waals surface area contributed by atoms with E-state index in [1.165, 1.54) is 96.3 Å². The number of fused-ring (bicyclic) bond motifs is 1. The number of nitrogens with one attached hydrogen (secondary N) is 1. The maximum Gasteiger partial charge on any atom is 0.165 e. The van der Waals surface area contributed by atoms with Gasteiger partial charge in [0.2, 0.25) is 0 Å². The quantitative estimate of drug-likeness (QED) is 0.146. The van der Waals surface area contributed by atoms with Gasteiger partial charge in [-0.15, -0.1) is 0 Å². The van der Waals surface area contributed by atoms with E-state index in [0.29, 0.717) is 6.42 Å². The Labute approximate surface area is 209 Å². The highest BCUT2D eigenvalue weighted by molar-refractivity contribution is 6.08. The van der Waals surface area contributed by atoms with Crippen LogP contribution in [0.5, 0.6) is 5.75 Å². The van der Waals surface area contributed by atoms with Gasteiger partial charge in [-0.2, -0.15) is 0 Å². The lowest BCUT2D eigenvalue weighted by atomic mass is 10.0. The fourth-order valence-electron chi connectivity index (χ4n) is 4.82. The van der Waals surface area contributed by atoms with Gasteiger partial charge in [0.15, 0.2) is 5.78 Å². The molecule has 1 heterocycles. The van der Waals surface area contributed by atoms with E-state index in [2.05, 4.69) is 11.9 Å². The summed E-state index contributed by atoms with van der Waals surface area (Å²) >= 11 is 0. The highest BCUT2D eigenvalue weighted by Gasteiger charge is 2.13. The van der Waals surface area contributed by atoms with Crippen molar-refractivity contribution in [2.75, 3.05) is 0 Å². The van der Waals surface area contributed by atoms with Crippen molar-refractivity contribution in [3.63, 3.8) is 0 Å². The number of ketones is 1. The molecule has 0 saturated carbocycles. The van der Waals surface area contributed by atoms with Crippen LogP contribution in [0.2, 0.25) is 0 Å². The van der Waals surface area contributed by atoms with E-state index in [9.17, 15) is 4.79 Å². The summed E-state index contributed by atoms with van der Waals surface area (Å²) in [4.78, 5) is 16.0. The van der Waals surface area contributed by atoms with Gasteiger partial charge < -0.3 is 9.72 Å². The number of carbonyl (C=O) groups excluding carboxylic acids is 1. The van der Waals surface area contributed by atoms with Crippen molar-refractivity contribution in [3.8, 4) is 5.75 Å². The lowest BCUT2D eigenvalue weighted by Gasteiger charge is -2.09. The Morgan fingerprint density at radius 1 is 0.765 bits per heavy atom. The van der Waals surface area contributed by atoms with Crippen molar-refractivity contribution in [3.05, 3.63) is 30.0 Å². The summed E-state index contributed by atoms with van der Waals surface area (Å²) in [7, 11) is 0. The largest absolute Gasteiger partial charge is 0.491 e. The number of ether oxygens (including phenoxy) is 1. The Bertz CT molecular complexity index is 792. The summed E-state index contributed by atoms with van der Waals surface area (Å²) in [6, 6.07) is 5.96. The van der Waals surface area contributed by atoms with Crippen molar-refractivity contribution in [1.29, 1.82) is 0 Å². The molecule has 0 radical (unpaired) electrons. The van der Waals surface area contributed by atoms with E-state index in [-0.39, 0.29) is 11.9 Å². The molecule has 0 bridgehead atoms. The number of aromatic nitrogens is 1. The molecule has 1 N–H and O–H groups in total. The predicted molar refractivity (Wildman–Crippen MR) is 147 cm³/mol. The number of Topliss-reactive ketones (excluding diaryl/α,β-unsaturated/α-hetero) is 1. The first kappa shape index (κ1) is 28.5. The van der Waals surface area contributed by atoms with Gasteiger partial charge >= 0.3 is 0 Å². The standard InChI is InChI=1S/C31H51NO2/c1-4-5-6-7-8-9-10-11-12-13-14-15-16-17-18-19-20-21-31(33)29-25-32-30-23-22-27(24-28(29)30)34-26(2)3/h22-26,32H,4-21H2,1-3H3. The van der Waals surface area contributed by atoms with Gasteiger partial charge in [-0.1, -0.05) is 110 Å². The number of rotatable bonds is 21. The molecule has 0 fully saturated rings. The third kappa shape index (κ3) is 11.6. The van der Waals surface area contributed by atoms with E-state index < -0.39 is 0 Å². The lowest BCUT2D eigenvalue weighted by molar-refractivity contribution is 0.0980. The van der Waals surface area contributed by atoms with Crippen LogP contribution in [0.1, 0.15) is 147 Å². The number of benzene rings is 1. The summed E-state index contributed by atoms with van der Waals surface area (Å²) in [5.74, 6) is 1.07. The number of H-pyrrole nitrogens is 1. The Kier molecular flexibility index (Phi) is 14.8. The van der Waals surface area contributed by atoms with Crippen LogP contribution in [0.15, 0.2) is 24.4 Å². The van der Waals surface area contributed by atoms with Gasteiger partial charge in [0.25, 0.3) is 0 Å². The van der Waals surface area contributed by atoms with Gasteiger partial charge in [0, 0.05) is 29.1 Å². The second kappa shape index (κ2) is 17.6.